The molecule has 0 bridgehead atoms. The third-order valence-corrected chi connectivity index (χ3v) is 7.24. The number of carbonyl (C=O) groups is 1. The molecule has 5 rings (SSSR count). The van der Waals surface area contributed by atoms with E-state index in [1.165, 1.54) is 16.8 Å². The van der Waals surface area contributed by atoms with Crippen LogP contribution in [0.2, 0.25) is 5.02 Å². The van der Waals surface area contributed by atoms with Crippen LogP contribution in [0.25, 0.3) is 10.9 Å². The highest BCUT2D eigenvalue weighted by Crippen LogP contribution is 2.25. The molecule has 1 amide bonds. The van der Waals surface area contributed by atoms with Crippen molar-refractivity contribution in [2.45, 2.75) is 6.04 Å². The van der Waals surface area contributed by atoms with Crippen molar-refractivity contribution in [3.8, 4) is 0 Å². The van der Waals surface area contributed by atoms with E-state index in [-0.39, 0.29) is 16.8 Å². The van der Waals surface area contributed by atoms with Crippen LogP contribution in [0.4, 0.5) is 21.5 Å². The number of nitrogens with zero attached hydrogens (tertiary/aromatic N) is 3. The van der Waals surface area contributed by atoms with Crippen LogP contribution in [0.1, 0.15) is 10.5 Å². The first-order valence-corrected chi connectivity index (χ1v) is 12.9. The van der Waals surface area contributed by atoms with Gasteiger partial charge in [-0.25, -0.2) is 4.39 Å². The van der Waals surface area contributed by atoms with E-state index in [1.807, 2.05) is 30.3 Å². The predicted octanol–water partition coefficient (Wildman–Crippen LogP) is 3.75. The van der Waals surface area contributed by atoms with Gasteiger partial charge in [0.1, 0.15) is 11.5 Å². The summed E-state index contributed by atoms with van der Waals surface area (Å²) in [6.07, 6.45) is 0. The number of hydrogen-bond donors (Lipinski definition) is 3. The molecule has 186 valence electrons. The van der Waals surface area contributed by atoms with Gasteiger partial charge in [-0.15, -0.1) is 0 Å². The minimum Gasteiger partial charge on any atom is -0.368 e. The molecule has 3 aromatic carbocycles. The van der Waals surface area contributed by atoms with Crippen LogP contribution < -0.4 is 19.7 Å². The van der Waals surface area contributed by atoms with Gasteiger partial charge in [0.2, 0.25) is 0 Å². The number of anilines is 3. The van der Waals surface area contributed by atoms with E-state index in [1.54, 1.807) is 25.2 Å². The van der Waals surface area contributed by atoms with Crippen LogP contribution >= 0.6 is 11.6 Å². The van der Waals surface area contributed by atoms with E-state index >= 15 is 0 Å². The highest BCUT2D eigenvalue weighted by Gasteiger charge is 2.30. The summed E-state index contributed by atoms with van der Waals surface area (Å²) in [5.41, 5.74) is 2.37. The van der Waals surface area contributed by atoms with Crippen LogP contribution in [0.15, 0.2) is 66.7 Å². The SMILES string of the molecule is Cn1nc2cc(NS(=O)(=O)NC3CN(c4ccccc4)C3)ccc2c1C(=O)Nc1ccc(F)c(Cl)c1. The second-order valence-corrected chi connectivity index (χ2v) is 10.3. The van der Waals surface area contributed by atoms with E-state index in [0.29, 0.717) is 35.4 Å². The van der Waals surface area contributed by atoms with Gasteiger partial charge < -0.3 is 10.2 Å². The molecule has 1 aromatic heterocycles. The largest absolute Gasteiger partial charge is 0.368 e. The summed E-state index contributed by atoms with van der Waals surface area (Å²) in [7, 11) is -2.22. The lowest BCUT2D eigenvalue weighted by Crippen LogP contribution is -2.60. The molecule has 36 heavy (non-hydrogen) atoms. The molecule has 0 spiro atoms. The summed E-state index contributed by atoms with van der Waals surface area (Å²) in [5, 5.41) is 7.43. The maximum atomic E-state index is 13.4. The molecule has 0 aliphatic carbocycles. The van der Waals surface area contributed by atoms with Crippen LogP contribution in [0, 0.1) is 5.82 Å². The number of fused-ring (bicyclic) bond motifs is 1. The lowest BCUT2D eigenvalue weighted by Gasteiger charge is -2.41. The Balaban J connectivity index is 1.26. The Kier molecular flexibility index (Phi) is 6.29. The minimum atomic E-state index is -3.82. The fourth-order valence-corrected chi connectivity index (χ4v) is 5.37. The molecule has 2 heterocycles. The number of carbonyl (C=O) groups excluding carboxylic acids is 1. The number of nitrogens with one attached hydrogen (secondary N) is 3. The topological polar surface area (TPSA) is 108 Å². The maximum Gasteiger partial charge on any atom is 0.299 e. The normalized spacial score (nSPS) is 14.0. The molecule has 3 N–H and O–H groups in total. The van der Waals surface area contributed by atoms with E-state index in [9.17, 15) is 17.6 Å². The number of aromatic nitrogens is 2. The van der Waals surface area contributed by atoms with Crippen molar-refractivity contribution in [3.63, 3.8) is 0 Å². The van der Waals surface area contributed by atoms with Gasteiger partial charge >= 0.3 is 0 Å². The van der Waals surface area contributed by atoms with Gasteiger partial charge in [-0.3, -0.25) is 14.2 Å². The van der Waals surface area contributed by atoms with Gasteiger partial charge in [0, 0.05) is 36.9 Å². The summed E-state index contributed by atoms with van der Waals surface area (Å²) in [5.74, 6) is -1.05. The number of rotatable bonds is 7. The fourth-order valence-electron chi connectivity index (χ4n) is 4.10. The zero-order chi connectivity index (χ0) is 25.4. The number of para-hydroxylation sites is 1. The van der Waals surface area contributed by atoms with Crippen molar-refractivity contribution in [2.24, 2.45) is 7.05 Å². The Morgan fingerprint density at radius 2 is 1.78 bits per heavy atom. The number of aryl methyl sites for hydroxylation is 1. The molecule has 4 aromatic rings. The molecule has 1 aliphatic rings. The number of halogens is 2. The Hall–Kier alpha value is -3.67. The summed E-state index contributed by atoms with van der Waals surface area (Å²) < 4.78 is 45.3. The average molecular weight is 529 g/mol. The Morgan fingerprint density at radius 3 is 2.50 bits per heavy atom. The van der Waals surface area contributed by atoms with Crippen molar-refractivity contribution < 1.29 is 17.6 Å². The molecule has 0 radical (unpaired) electrons. The standard InChI is InChI=1S/C24H22ClFN6O3S/c1-31-23(24(33)27-15-8-10-21(26)20(25)11-15)19-9-7-16(12-22(19)28-31)29-36(34,35)30-17-13-32(14-17)18-5-3-2-4-6-18/h2-12,17,29-30H,13-14H2,1H3,(H,27,33). The molecule has 1 aliphatic heterocycles. The van der Waals surface area contributed by atoms with Gasteiger partial charge in [0.25, 0.3) is 16.1 Å². The van der Waals surface area contributed by atoms with E-state index in [0.717, 1.165) is 11.8 Å². The number of benzene rings is 3. The van der Waals surface area contributed by atoms with Crippen LogP contribution in [0.5, 0.6) is 0 Å². The fraction of sp³-hybridized carbons (Fsp3) is 0.167. The van der Waals surface area contributed by atoms with Crippen molar-refractivity contribution >= 4 is 55.7 Å². The second-order valence-electron chi connectivity index (χ2n) is 8.45. The molecule has 1 fully saturated rings. The smallest absolute Gasteiger partial charge is 0.299 e. The third kappa shape index (κ3) is 4.99. The third-order valence-electron chi connectivity index (χ3n) is 5.80. The quantitative estimate of drug-likeness (QED) is 0.338. The minimum absolute atomic E-state index is 0.108. The molecule has 0 unspecified atom stereocenters. The molecular weight excluding hydrogens is 507 g/mol. The molecule has 12 heteroatoms. The first-order valence-electron chi connectivity index (χ1n) is 11.0. The molecule has 9 nitrogen and oxygen atoms in total. The number of hydrogen-bond acceptors (Lipinski definition) is 5. The van der Waals surface area contributed by atoms with Gasteiger partial charge in [0.15, 0.2) is 0 Å². The van der Waals surface area contributed by atoms with E-state index < -0.39 is 21.9 Å². The van der Waals surface area contributed by atoms with Gasteiger partial charge in [-0.2, -0.15) is 18.2 Å². The Labute approximate surface area is 212 Å². The van der Waals surface area contributed by atoms with Gasteiger partial charge in [-0.05, 0) is 48.5 Å². The van der Waals surface area contributed by atoms with Crippen molar-refractivity contribution in [1.82, 2.24) is 14.5 Å². The van der Waals surface area contributed by atoms with Crippen molar-refractivity contribution in [3.05, 3.63) is 83.3 Å². The van der Waals surface area contributed by atoms with Gasteiger partial charge in [0.05, 0.1) is 22.3 Å². The molecule has 1 saturated heterocycles. The summed E-state index contributed by atoms with van der Waals surface area (Å²) >= 11 is 5.79. The first-order chi connectivity index (χ1) is 17.2. The average Bonchev–Trinajstić information content (AvgIpc) is 3.13. The van der Waals surface area contributed by atoms with Crippen molar-refractivity contribution in [1.29, 1.82) is 0 Å². The van der Waals surface area contributed by atoms with Crippen molar-refractivity contribution in [2.75, 3.05) is 28.0 Å². The lowest BCUT2D eigenvalue weighted by atomic mass is 10.1. The number of amides is 1. The zero-order valence-corrected chi connectivity index (χ0v) is 20.6. The summed E-state index contributed by atoms with van der Waals surface area (Å²) in [4.78, 5) is 15.0. The highest BCUT2D eigenvalue weighted by molar-refractivity contribution is 7.90. The van der Waals surface area contributed by atoms with Crippen LogP contribution in [0.3, 0.4) is 0 Å². The first kappa shape index (κ1) is 24.0. The van der Waals surface area contributed by atoms with E-state index in [4.69, 9.17) is 11.6 Å². The van der Waals surface area contributed by atoms with E-state index in [2.05, 4.69) is 24.8 Å². The summed E-state index contributed by atoms with van der Waals surface area (Å²) in [6.45, 7) is 1.14. The monoisotopic (exact) mass is 528 g/mol. The lowest BCUT2D eigenvalue weighted by molar-refractivity contribution is 0.101. The van der Waals surface area contributed by atoms with Crippen LogP contribution in [-0.2, 0) is 17.3 Å². The molecular formula is C24H22ClFN6O3S. The predicted molar refractivity (Wildman–Crippen MR) is 138 cm³/mol. The second kappa shape index (κ2) is 9.41. The zero-order valence-electron chi connectivity index (χ0n) is 19.1. The Morgan fingerprint density at radius 1 is 1.06 bits per heavy atom. The maximum absolute atomic E-state index is 13.4. The molecule has 0 atom stereocenters. The highest BCUT2D eigenvalue weighted by atomic mass is 35.5. The molecule has 0 saturated carbocycles. The Bertz CT molecular complexity index is 1560. The summed E-state index contributed by atoms with van der Waals surface area (Å²) in [6, 6.07) is 18.2. The van der Waals surface area contributed by atoms with Gasteiger partial charge in [-0.1, -0.05) is 29.8 Å². The van der Waals surface area contributed by atoms with Crippen LogP contribution in [-0.4, -0.2) is 43.2 Å².